The first kappa shape index (κ1) is 22.4. The molecule has 1 amide bonds. The number of nitrogens with one attached hydrogen (secondary N) is 2. The van der Waals surface area contributed by atoms with Crippen molar-refractivity contribution in [3.05, 3.63) is 52.4 Å². The van der Waals surface area contributed by atoms with Crippen LogP contribution >= 0.6 is 0 Å². The van der Waals surface area contributed by atoms with Crippen LogP contribution in [0.1, 0.15) is 79.9 Å². The first-order valence-electron chi connectivity index (χ1n) is 11.8. The van der Waals surface area contributed by atoms with Crippen molar-refractivity contribution >= 4 is 17.7 Å². The van der Waals surface area contributed by atoms with Crippen LogP contribution in [0.25, 0.3) is 6.08 Å². The maximum Gasteiger partial charge on any atom is 0.273 e. The number of rotatable bonds is 8. The number of likely N-dealkylation sites (tertiary alicyclic amines) is 1. The molecule has 2 aromatic heterocycles. The van der Waals surface area contributed by atoms with E-state index in [1.807, 2.05) is 6.08 Å². The van der Waals surface area contributed by atoms with Gasteiger partial charge >= 0.3 is 0 Å². The molecule has 32 heavy (non-hydrogen) atoms. The van der Waals surface area contributed by atoms with E-state index in [1.165, 1.54) is 74.9 Å². The Kier molecular flexibility index (Phi) is 7.15. The van der Waals surface area contributed by atoms with Crippen LogP contribution in [0.5, 0.6) is 0 Å². The summed E-state index contributed by atoms with van der Waals surface area (Å²) in [7, 11) is 0. The predicted molar refractivity (Wildman–Crippen MR) is 128 cm³/mol. The van der Waals surface area contributed by atoms with Gasteiger partial charge in [0.15, 0.2) is 0 Å². The average Bonchev–Trinajstić information content (AvgIpc) is 3.32. The van der Waals surface area contributed by atoms with Crippen LogP contribution in [0.4, 0.5) is 0 Å². The number of hydrogen-bond donors (Lipinski definition) is 2. The van der Waals surface area contributed by atoms with Gasteiger partial charge in [0.05, 0.1) is 5.57 Å². The third-order valence-corrected chi connectivity index (χ3v) is 6.46. The molecule has 0 spiro atoms. The molecule has 2 N–H and O–H groups in total. The van der Waals surface area contributed by atoms with Crippen LogP contribution in [0.3, 0.4) is 0 Å². The lowest BCUT2D eigenvalue weighted by Crippen LogP contribution is -2.30. The van der Waals surface area contributed by atoms with Crippen molar-refractivity contribution in [2.45, 2.75) is 65.2 Å². The second-order valence-corrected chi connectivity index (χ2v) is 9.16. The van der Waals surface area contributed by atoms with Gasteiger partial charge in [0.2, 0.25) is 0 Å². The lowest BCUT2D eigenvalue weighted by molar-refractivity contribution is -0.116. The van der Waals surface area contributed by atoms with Crippen molar-refractivity contribution in [1.29, 1.82) is 0 Å². The second-order valence-electron chi connectivity index (χ2n) is 9.16. The van der Waals surface area contributed by atoms with Crippen LogP contribution in [-0.2, 0) is 11.2 Å². The Bertz CT molecular complexity index is 999. The lowest BCUT2D eigenvalue weighted by atomic mass is 9.93. The van der Waals surface area contributed by atoms with E-state index in [-0.39, 0.29) is 5.91 Å². The standard InChI is InChI=1S/C25H34N6O/c1-17(2)23-20(9-5-8-12-31-10-6-4-7-11-31)18(3)28-22(23)13-21-24(29-30-25(21)32)19-14-26-16-27-15-19/h13-17,28H,4-12H2,1-3H3,(H,30,32). The third kappa shape index (κ3) is 4.99. The summed E-state index contributed by atoms with van der Waals surface area (Å²) in [5.41, 5.74) is 9.33. The van der Waals surface area contributed by atoms with Gasteiger partial charge in [0.25, 0.3) is 5.91 Å². The summed E-state index contributed by atoms with van der Waals surface area (Å²) in [4.78, 5) is 26.8. The molecule has 0 atom stereocenters. The number of nitrogens with zero attached hydrogens (tertiary/aromatic N) is 4. The SMILES string of the molecule is Cc1[nH]c(C=C2C(=O)NN=C2c2cncnc2)c(C(C)C)c1CCCCN1CCCCC1. The number of H-pyrrole nitrogens is 1. The number of amides is 1. The summed E-state index contributed by atoms with van der Waals surface area (Å²) in [5.74, 6) is 0.155. The number of aromatic nitrogens is 3. The number of hydrazone groups is 1. The quantitative estimate of drug-likeness (QED) is 0.486. The minimum absolute atomic E-state index is 0.200. The van der Waals surface area contributed by atoms with Gasteiger partial charge in [-0.3, -0.25) is 4.79 Å². The molecule has 2 aromatic rings. The number of aryl methyl sites for hydroxylation is 1. The minimum Gasteiger partial charge on any atom is -0.359 e. The Morgan fingerprint density at radius 2 is 1.88 bits per heavy atom. The van der Waals surface area contributed by atoms with Crippen LogP contribution in [0, 0.1) is 6.92 Å². The molecule has 0 aromatic carbocycles. The number of carbonyl (C=O) groups is 1. The fraction of sp³-hybridized carbons (Fsp3) is 0.520. The largest absolute Gasteiger partial charge is 0.359 e. The van der Waals surface area contributed by atoms with Crippen molar-refractivity contribution < 1.29 is 4.79 Å². The summed E-state index contributed by atoms with van der Waals surface area (Å²) in [6.07, 6.45) is 14.3. The minimum atomic E-state index is -0.200. The molecule has 0 saturated carbocycles. The molecule has 2 aliphatic heterocycles. The van der Waals surface area contributed by atoms with Crippen LogP contribution in [0.15, 0.2) is 29.4 Å². The lowest BCUT2D eigenvalue weighted by Gasteiger charge is -2.26. The van der Waals surface area contributed by atoms with Gasteiger partial charge in [-0.2, -0.15) is 5.10 Å². The number of hydrogen-bond acceptors (Lipinski definition) is 5. The molecule has 7 nitrogen and oxygen atoms in total. The van der Waals surface area contributed by atoms with Crippen LogP contribution in [0.2, 0.25) is 0 Å². The summed E-state index contributed by atoms with van der Waals surface area (Å²) in [6, 6.07) is 0. The third-order valence-electron chi connectivity index (χ3n) is 6.46. The normalized spacial score (nSPS) is 18.4. The van der Waals surface area contributed by atoms with Crippen molar-refractivity contribution in [3.63, 3.8) is 0 Å². The van der Waals surface area contributed by atoms with E-state index in [9.17, 15) is 4.79 Å². The summed E-state index contributed by atoms with van der Waals surface area (Å²) >= 11 is 0. The Hall–Kier alpha value is -2.80. The average molecular weight is 435 g/mol. The number of piperidine rings is 1. The molecule has 7 heteroatoms. The van der Waals surface area contributed by atoms with Gasteiger partial charge in [-0.1, -0.05) is 20.3 Å². The van der Waals surface area contributed by atoms with E-state index in [0.29, 0.717) is 17.2 Å². The zero-order valence-electron chi connectivity index (χ0n) is 19.4. The summed E-state index contributed by atoms with van der Waals surface area (Å²) < 4.78 is 0. The Balaban J connectivity index is 1.53. The van der Waals surface area contributed by atoms with Crippen molar-refractivity contribution in [2.75, 3.05) is 19.6 Å². The van der Waals surface area contributed by atoms with E-state index in [1.54, 1.807) is 12.4 Å². The molecule has 0 bridgehead atoms. The summed E-state index contributed by atoms with van der Waals surface area (Å²) in [6.45, 7) is 10.3. The molecule has 0 aliphatic carbocycles. The van der Waals surface area contributed by atoms with Gasteiger partial charge in [0, 0.05) is 29.3 Å². The number of carbonyl (C=O) groups excluding carboxylic acids is 1. The maximum atomic E-state index is 12.5. The molecule has 170 valence electrons. The molecule has 0 unspecified atom stereocenters. The molecule has 4 rings (SSSR count). The molecule has 1 fully saturated rings. The Morgan fingerprint density at radius 3 is 2.59 bits per heavy atom. The Labute approximate surface area is 190 Å². The molecule has 0 radical (unpaired) electrons. The Morgan fingerprint density at radius 1 is 1.12 bits per heavy atom. The topological polar surface area (TPSA) is 86.3 Å². The summed E-state index contributed by atoms with van der Waals surface area (Å²) in [5, 5.41) is 4.22. The maximum absolute atomic E-state index is 12.5. The predicted octanol–water partition coefficient (Wildman–Crippen LogP) is 3.96. The van der Waals surface area contributed by atoms with Gasteiger partial charge in [0.1, 0.15) is 12.0 Å². The fourth-order valence-electron chi connectivity index (χ4n) is 4.88. The zero-order chi connectivity index (χ0) is 22.5. The van der Waals surface area contributed by atoms with Gasteiger partial charge in [-0.15, -0.1) is 0 Å². The van der Waals surface area contributed by atoms with Crippen LogP contribution in [-0.4, -0.2) is 51.1 Å². The van der Waals surface area contributed by atoms with E-state index in [4.69, 9.17) is 0 Å². The highest BCUT2D eigenvalue weighted by Crippen LogP contribution is 2.30. The molecule has 1 saturated heterocycles. The molecular weight excluding hydrogens is 400 g/mol. The molecule has 2 aliphatic rings. The number of unbranched alkanes of at least 4 members (excludes halogenated alkanes) is 1. The van der Waals surface area contributed by atoms with Crippen molar-refractivity contribution in [2.24, 2.45) is 5.10 Å². The van der Waals surface area contributed by atoms with E-state index in [2.05, 4.69) is 51.2 Å². The van der Waals surface area contributed by atoms with E-state index < -0.39 is 0 Å². The van der Waals surface area contributed by atoms with E-state index in [0.717, 1.165) is 17.7 Å². The van der Waals surface area contributed by atoms with Gasteiger partial charge < -0.3 is 9.88 Å². The van der Waals surface area contributed by atoms with E-state index >= 15 is 0 Å². The highest BCUT2D eigenvalue weighted by atomic mass is 16.2. The smallest absolute Gasteiger partial charge is 0.273 e. The monoisotopic (exact) mass is 434 g/mol. The number of aromatic amines is 1. The fourth-order valence-corrected chi connectivity index (χ4v) is 4.88. The van der Waals surface area contributed by atoms with Crippen LogP contribution < -0.4 is 5.43 Å². The van der Waals surface area contributed by atoms with Gasteiger partial charge in [-0.25, -0.2) is 15.4 Å². The first-order chi connectivity index (χ1) is 15.5. The second kappa shape index (κ2) is 10.2. The molecule has 4 heterocycles. The van der Waals surface area contributed by atoms with Crippen molar-refractivity contribution in [3.8, 4) is 0 Å². The van der Waals surface area contributed by atoms with Crippen molar-refractivity contribution in [1.82, 2.24) is 25.3 Å². The van der Waals surface area contributed by atoms with Gasteiger partial charge in [-0.05, 0) is 81.8 Å². The zero-order valence-corrected chi connectivity index (χ0v) is 19.4. The first-order valence-corrected chi connectivity index (χ1v) is 11.8. The molecular formula is C25H34N6O. The highest BCUT2D eigenvalue weighted by molar-refractivity contribution is 6.33. The highest BCUT2D eigenvalue weighted by Gasteiger charge is 2.26.